The van der Waals surface area contributed by atoms with E-state index in [9.17, 15) is 9.59 Å². The molecule has 1 fully saturated rings. The Morgan fingerprint density at radius 1 is 1.20 bits per heavy atom. The summed E-state index contributed by atoms with van der Waals surface area (Å²) >= 11 is 0. The van der Waals surface area contributed by atoms with Gasteiger partial charge in [0.2, 0.25) is 5.91 Å². The lowest BCUT2D eigenvalue weighted by Gasteiger charge is -2.35. The smallest absolute Gasteiger partial charge is 0.320 e. The molecule has 1 aromatic carbocycles. The van der Waals surface area contributed by atoms with Crippen LogP contribution in [0.25, 0.3) is 0 Å². The Kier molecular flexibility index (Phi) is 7.65. The molecule has 1 unspecified atom stereocenters. The second-order valence-electron chi connectivity index (χ2n) is 7.37. The fraction of sp³-hybridized carbons (Fsp3) is 0.435. The van der Waals surface area contributed by atoms with Gasteiger partial charge in [0.25, 0.3) is 0 Å². The maximum Gasteiger partial charge on any atom is 0.320 e. The molecule has 1 N–H and O–H groups in total. The third kappa shape index (κ3) is 5.72. The fourth-order valence-corrected chi connectivity index (χ4v) is 3.61. The van der Waals surface area contributed by atoms with Crippen LogP contribution in [0.15, 0.2) is 48.7 Å². The summed E-state index contributed by atoms with van der Waals surface area (Å²) in [6, 6.07) is 13.0. The van der Waals surface area contributed by atoms with E-state index in [2.05, 4.69) is 10.3 Å². The summed E-state index contributed by atoms with van der Waals surface area (Å²) in [5.41, 5.74) is 1.53. The first-order valence-electron chi connectivity index (χ1n) is 10.6. The van der Waals surface area contributed by atoms with Crippen LogP contribution in [0.3, 0.4) is 0 Å². The molecule has 0 aliphatic carbocycles. The number of aromatic nitrogens is 1. The lowest BCUT2D eigenvalue weighted by molar-refractivity contribution is -0.121. The number of likely N-dealkylation sites (tertiary alicyclic amines) is 1. The Morgan fingerprint density at radius 3 is 2.77 bits per heavy atom. The van der Waals surface area contributed by atoms with Gasteiger partial charge in [-0.25, -0.2) is 4.79 Å². The van der Waals surface area contributed by atoms with Crippen molar-refractivity contribution in [2.24, 2.45) is 5.92 Å². The summed E-state index contributed by atoms with van der Waals surface area (Å²) < 4.78 is 5.79. The highest BCUT2D eigenvalue weighted by molar-refractivity contribution is 5.93. The molecule has 30 heavy (non-hydrogen) atoms. The molecule has 1 saturated heterocycles. The van der Waals surface area contributed by atoms with Gasteiger partial charge in [0.05, 0.1) is 11.6 Å². The highest BCUT2D eigenvalue weighted by Gasteiger charge is 2.30. The third-order valence-electron chi connectivity index (χ3n) is 5.31. The molecule has 1 atom stereocenters. The molecule has 2 heterocycles. The monoisotopic (exact) mass is 410 g/mol. The molecular weight excluding hydrogens is 380 g/mol. The quantitative estimate of drug-likeness (QED) is 0.754. The van der Waals surface area contributed by atoms with E-state index in [-0.39, 0.29) is 17.9 Å². The van der Waals surface area contributed by atoms with Crippen molar-refractivity contribution < 1.29 is 14.3 Å². The molecular formula is C23H30N4O3. The summed E-state index contributed by atoms with van der Waals surface area (Å²) in [6.07, 6.45) is 3.34. The minimum absolute atomic E-state index is 0.0161. The predicted molar refractivity (Wildman–Crippen MR) is 116 cm³/mol. The van der Waals surface area contributed by atoms with Crippen LogP contribution in [-0.4, -0.2) is 52.9 Å². The molecule has 1 aliphatic rings. The zero-order valence-corrected chi connectivity index (χ0v) is 17.7. The number of carbonyl (C=O) groups excluding carboxylic acids is 2. The predicted octanol–water partition coefficient (Wildman–Crippen LogP) is 3.77. The molecule has 7 heteroatoms. The lowest BCUT2D eigenvalue weighted by Crippen LogP contribution is -2.49. The first-order chi connectivity index (χ1) is 14.6. The molecule has 3 rings (SSSR count). The van der Waals surface area contributed by atoms with Gasteiger partial charge in [-0.1, -0.05) is 12.1 Å². The van der Waals surface area contributed by atoms with E-state index in [0.717, 1.165) is 18.5 Å². The summed E-state index contributed by atoms with van der Waals surface area (Å²) in [5, 5.41) is 2.98. The average molecular weight is 411 g/mol. The number of anilines is 1. The van der Waals surface area contributed by atoms with Crippen LogP contribution in [0.1, 0.15) is 32.4 Å². The number of carbonyl (C=O) groups is 2. The number of urea groups is 1. The Hall–Kier alpha value is -3.09. The molecule has 0 radical (unpaired) electrons. The third-order valence-corrected chi connectivity index (χ3v) is 5.31. The first kappa shape index (κ1) is 21.6. The largest absolute Gasteiger partial charge is 0.487 e. The molecule has 1 aromatic heterocycles. The van der Waals surface area contributed by atoms with Gasteiger partial charge in [-0.05, 0) is 51.0 Å². The number of benzene rings is 1. The summed E-state index contributed by atoms with van der Waals surface area (Å²) in [4.78, 5) is 33.3. The molecule has 0 saturated carbocycles. The van der Waals surface area contributed by atoms with Crippen molar-refractivity contribution in [3.05, 3.63) is 54.4 Å². The Bertz CT molecular complexity index is 839. The van der Waals surface area contributed by atoms with Crippen LogP contribution in [0.5, 0.6) is 5.75 Å². The van der Waals surface area contributed by atoms with Gasteiger partial charge in [0.15, 0.2) is 0 Å². The van der Waals surface area contributed by atoms with E-state index >= 15 is 0 Å². The van der Waals surface area contributed by atoms with E-state index in [1.54, 1.807) is 16.0 Å². The van der Waals surface area contributed by atoms with Gasteiger partial charge in [-0.2, -0.15) is 0 Å². The van der Waals surface area contributed by atoms with Crippen molar-refractivity contribution in [2.45, 2.75) is 33.3 Å². The Labute approximate surface area is 178 Å². The van der Waals surface area contributed by atoms with Gasteiger partial charge in [-0.15, -0.1) is 0 Å². The van der Waals surface area contributed by atoms with Crippen LogP contribution >= 0.6 is 0 Å². The number of rotatable bonds is 7. The highest BCUT2D eigenvalue weighted by Crippen LogP contribution is 2.22. The number of ether oxygens (including phenoxy) is 1. The van der Waals surface area contributed by atoms with Crippen molar-refractivity contribution in [1.29, 1.82) is 0 Å². The first-order valence-corrected chi connectivity index (χ1v) is 10.6. The number of pyridine rings is 1. The van der Waals surface area contributed by atoms with Gasteiger partial charge in [0.1, 0.15) is 12.4 Å². The zero-order valence-electron chi connectivity index (χ0n) is 17.7. The van der Waals surface area contributed by atoms with E-state index < -0.39 is 0 Å². The van der Waals surface area contributed by atoms with E-state index in [4.69, 9.17) is 4.74 Å². The fourth-order valence-electron chi connectivity index (χ4n) is 3.61. The van der Waals surface area contributed by atoms with Crippen molar-refractivity contribution in [1.82, 2.24) is 14.8 Å². The number of nitrogens with one attached hydrogen (secondary N) is 1. The van der Waals surface area contributed by atoms with E-state index in [1.807, 2.05) is 56.3 Å². The van der Waals surface area contributed by atoms with Gasteiger partial charge >= 0.3 is 6.03 Å². The molecule has 160 valence electrons. The van der Waals surface area contributed by atoms with Crippen LogP contribution in [0.2, 0.25) is 0 Å². The molecule has 3 amide bonds. The van der Waals surface area contributed by atoms with E-state index in [0.29, 0.717) is 44.2 Å². The number of amides is 3. The SMILES string of the molecule is CCN(CC)C(=O)N1CCCC(C(=O)Nc2cccc(OCc3ccccn3)c2)C1. The molecule has 0 spiro atoms. The van der Waals surface area contributed by atoms with Crippen molar-refractivity contribution >= 4 is 17.6 Å². The van der Waals surface area contributed by atoms with Crippen LogP contribution < -0.4 is 10.1 Å². The second kappa shape index (κ2) is 10.6. The second-order valence-corrected chi connectivity index (χ2v) is 7.37. The maximum absolute atomic E-state index is 12.8. The molecule has 2 aromatic rings. The van der Waals surface area contributed by atoms with Gasteiger partial charge in [0, 0.05) is 44.1 Å². The van der Waals surface area contributed by atoms with Crippen LogP contribution in [-0.2, 0) is 11.4 Å². The molecule has 1 aliphatic heterocycles. The maximum atomic E-state index is 12.8. The lowest BCUT2D eigenvalue weighted by atomic mass is 9.97. The minimum Gasteiger partial charge on any atom is -0.487 e. The number of hydrogen-bond donors (Lipinski definition) is 1. The van der Waals surface area contributed by atoms with Crippen molar-refractivity contribution in [3.8, 4) is 5.75 Å². The topological polar surface area (TPSA) is 74.8 Å². The Morgan fingerprint density at radius 2 is 2.03 bits per heavy atom. The van der Waals surface area contributed by atoms with Gasteiger partial charge < -0.3 is 19.9 Å². The van der Waals surface area contributed by atoms with Gasteiger partial charge in [-0.3, -0.25) is 9.78 Å². The van der Waals surface area contributed by atoms with Crippen molar-refractivity contribution in [2.75, 3.05) is 31.5 Å². The Balaban J connectivity index is 1.56. The van der Waals surface area contributed by atoms with Crippen LogP contribution in [0.4, 0.5) is 10.5 Å². The normalized spacial score (nSPS) is 16.1. The number of hydrogen-bond acceptors (Lipinski definition) is 4. The highest BCUT2D eigenvalue weighted by atomic mass is 16.5. The summed E-state index contributed by atoms with van der Waals surface area (Å²) in [6.45, 7) is 6.81. The number of piperidine rings is 1. The zero-order chi connectivity index (χ0) is 21.3. The molecule has 7 nitrogen and oxygen atoms in total. The summed E-state index contributed by atoms with van der Waals surface area (Å²) in [5.74, 6) is 0.394. The minimum atomic E-state index is -0.212. The van der Waals surface area contributed by atoms with Crippen molar-refractivity contribution in [3.63, 3.8) is 0 Å². The van der Waals surface area contributed by atoms with Crippen LogP contribution in [0, 0.1) is 5.92 Å². The standard InChI is InChI=1S/C23H30N4O3/c1-3-26(4-2)23(29)27-14-8-9-18(16-27)22(28)25-19-11-7-12-21(15-19)30-17-20-10-5-6-13-24-20/h5-7,10-13,15,18H,3-4,8-9,14,16-17H2,1-2H3,(H,25,28). The average Bonchev–Trinajstić information content (AvgIpc) is 2.79. The molecule has 0 bridgehead atoms. The number of nitrogens with zero attached hydrogens (tertiary/aromatic N) is 3. The van der Waals surface area contributed by atoms with E-state index in [1.165, 1.54) is 0 Å². The summed E-state index contributed by atoms with van der Waals surface area (Å²) in [7, 11) is 0.